The van der Waals surface area contributed by atoms with Crippen molar-refractivity contribution in [1.29, 1.82) is 0 Å². The fourth-order valence-corrected chi connectivity index (χ4v) is 12.5. The number of pyridine rings is 1. The number of carbonyl (C=O) groups is 3. The number of likely N-dealkylation sites (tertiary alicyclic amines) is 1. The zero-order valence-electron chi connectivity index (χ0n) is 37.6. The molecule has 3 aromatic carbocycles. The monoisotopic (exact) mass is 947 g/mol. The Morgan fingerprint density at radius 3 is 2.41 bits per heavy atom. The zero-order chi connectivity index (χ0) is 47.2. The number of benzene rings is 3. The molecule has 3 atom stereocenters. The second-order valence-corrected chi connectivity index (χ2v) is 21.2. The van der Waals surface area contributed by atoms with Gasteiger partial charge in [0.25, 0.3) is 5.91 Å². The Balaban J connectivity index is 0.681. The summed E-state index contributed by atoms with van der Waals surface area (Å²) in [6.07, 6.45) is 5.13. The number of carbonyl (C=O) groups excluding carboxylic acids is 3. The molecule has 1 unspecified atom stereocenters. The minimum Gasteiger partial charge on any atom is -0.372 e. The summed E-state index contributed by atoms with van der Waals surface area (Å²) >= 11 is 0. The molecule has 6 aliphatic rings. The lowest BCUT2D eigenvalue weighted by atomic mass is 9.66. The number of aromatic nitrogens is 2. The van der Waals surface area contributed by atoms with Gasteiger partial charge in [-0.25, -0.2) is 18.2 Å². The minimum atomic E-state index is -4.35. The lowest BCUT2D eigenvalue weighted by molar-refractivity contribution is -0.126. The maximum Gasteiger partial charge on any atom is 0.301 e. The van der Waals surface area contributed by atoms with Crippen LogP contribution in [0.5, 0.6) is 0 Å². The summed E-state index contributed by atoms with van der Waals surface area (Å²) in [5, 5.41) is 3.16. The smallest absolute Gasteiger partial charge is 0.301 e. The number of halogens is 3. The van der Waals surface area contributed by atoms with Crippen LogP contribution >= 0.6 is 0 Å². The fraction of sp³-hybridized carbons (Fsp3) is 0.400. The van der Waals surface area contributed by atoms with Crippen LogP contribution in [0.15, 0.2) is 85.3 Å². The van der Waals surface area contributed by atoms with Gasteiger partial charge in [-0.2, -0.15) is 12.7 Å². The summed E-state index contributed by atoms with van der Waals surface area (Å²) in [5.41, 5.74) is 5.16. The van der Waals surface area contributed by atoms with Crippen LogP contribution in [0.2, 0.25) is 0 Å². The third-order valence-corrected chi connectivity index (χ3v) is 16.9. The van der Waals surface area contributed by atoms with Crippen LogP contribution in [0.25, 0.3) is 22.2 Å². The first-order chi connectivity index (χ1) is 32.6. The highest BCUT2D eigenvalue weighted by atomic mass is 32.2. The Morgan fingerprint density at radius 1 is 0.926 bits per heavy atom. The Bertz CT molecular complexity index is 3010. The van der Waals surface area contributed by atoms with E-state index in [4.69, 9.17) is 0 Å². The molecule has 11 rings (SSSR count). The molecule has 2 amide bonds. The topological polar surface area (TPSA) is 154 Å². The summed E-state index contributed by atoms with van der Waals surface area (Å²) < 4.78 is 73.2. The van der Waals surface area contributed by atoms with Crippen molar-refractivity contribution in [2.75, 3.05) is 66.9 Å². The average Bonchev–Trinajstić information content (AvgIpc) is 4.04. The molecular weight excluding hydrogens is 896 g/mol. The van der Waals surface area contributed by atoms with Gasteiger partial charge in [-0.1, -0.05) is 18.7 Å². The van der Waals surface area contributed by atoms with E-state index in [-0.39, 0.29) is 42.3 Å². The predicted molar refractivity (Wildman–Crippen MR) is 252 cm³/mol. The second-order valence-electron chi connectivity index (χ2n) is 19.5. The fourth-order valence-electron chi connectivity index (χ4n) is 11.3. The first kappa shape index (κ1) is 44.3. The SMILES string of the molecule is C=C1CCC(N2Cc3cc(N4CCC(CN5CC6(CN(c7ccc(-c8cnc9[nH]cc(C(=O)c%10c(F)ccc(NS(=O)(=O)N%11CC[C@@H](F)C%11)c%10F)c9c8)cc7)C6)[C@H]5C)CC4)ccc3C2=O)C(=O)N1. The molecule has 5 saturated heterocycles. The Hall–Kier alpha value is -6.24. The summed E-state index contributed by atoms with van der Waals surface area (Å²) in [6, 6.07) is 17.7. The van der Waals surface area contributed by atoms with Crippen molar-refractivity contribution >= 4 is 55.9 Å². The molecule has 0 saturated carbocycles. The largest absolute Gasteiger partial charge is 0.372 e. The van der Waals surface area contributed by atoms with Crippen molar-refractivity contribution in [2.45, 2.75) is 63.8 Å². The Labute approximate surface area is 392 Å². The quantitative estimate of drug-likeness (QED) is 0.124. The van der Waals surface area contributed by atoms with Gasteiger partial charge in [0.05, 0.1) is 11.3 Å². The molecular formula is C50H52F3N9O5S. The molecule has 2 aromatic heterocycles. The van der Waals surface area contributed by atoms with Gasteiger partial charge in [-0.15, -0.1) is 0 Å². The number of allylic oxidation sites excluding steroid dienone is 1. The van der Waals surface area contributed by atoms with E-state index in [9.17, 15) is 27.2 Å². The van der Waals surface area contributed by atoms with E-state index >= 15 is 8.78 Å². The highest BCUT2D eigenvalue weighted by Gasteiger charge is 2.57. The van der Waals surface area contributed by atoms with Crippen molar-refractivity contribution in [3.63, 3.8) is 0 Å². The van der Waals surface area contributed by atoms with E-state index in [1.165, 1.54) is 6.20 Å². The molecule has 1 spiro atoms. The van der Waals surface area contributed by atoms with Gasteiger partial charge >= 0.3 is 10.2 Å². The number of hydrogen-bond donors (Lipinski definition) is 3. The van der Waals surface area contributed by atoms with Crippen LogP contribution in [0.3, 0.4) is 0 Å². The van der Waals surface area contributed by atoms with Crippen LogP contribution < -0.4 is 19.8 Å². The van der Waals surface area contributed by atoms with E-state index in [0.29, 0.717) is 59.2 Å². The minimum absolute atomic E-state index is 0.00753. The van der Waals surface area contributed by atoms with Gasteiger partial charge in [-0.05, 0) is 105 Å². The van der Waals surface area contributed by atoms with Gasteiger partial charge in [0.2, 0.25) is 11.7 Å². The maximum absolute atomic E-state index is 15.8. The number of ketones is 1. The number of rotatable bonds is 11. The Kier molecular flexibility index (Phi) is 10.9. The number of nitrogens with one attached hydrogen (secondary N) is 3. The zero-order valence-corrected chi connectivity index (χ0v) is 38.4. The van der Waals surface area contributed by atoms with Crippen LogP contribution in [-0.4, -0.2) is 121 Å². The van der Waals surface area contributed by atoms with Crippen molar-refractivity contribution in [3.05, 3.63) is 119 Å². The van der Waals surface area contributed by atoms with Gasteiger partial charge < -0.3 is 25.0 Å². The number of amides is 2. The predicted octanol–water partition coefficient (Wildman–Crippen LogP) is 6.61. The van der Waals surface area contributed by atoms with Crippen LogP contribution in [0.1, 0.15) is 70.9 Å². The van der Waals surface area contributed by atoms with E-state index < -0.39 is 51.1 Å². The number of H-pyrrole nitrogens is 1. The molecule has 0 radical (unpaired) electrons. The Morgan fingerprint density at radius 2 is 1.69 bits per heavy atom. The first-order valence-corrected chi connectivity index (χ1v) is 24.8. The number of anilines is 3. The number of aromatic amines is 1. The molecule has 14 nitrogen and oxygen atoms in total. The molecule has 5 aromatic rings. The molecule has 6 aliphatic heterocycles. The molecule has 3 N–H and O–H groups in total. The van der Waals surface area contributed by atoms with E-state index in [1.807, 2.05) is 18.2 Å². The van der Waals surface area contributed by atoms with Gasteiger partial charge in [-0.3, -0.25) is 24.0 Å². The van der Waals surface area contributed by atoms with Gasteiger partial charge in [0, 0.05) is 122 Å². The van der Waals surface area contributed by atoms with E-state index in [0.717, 1.165) is 91.0 Å². The third-order valence-electron chi connectivity index (χ3n) is 15.4. The lowest BCUT2D eigenvalue weighted by Gasteiger charge is -2.66. The number of alkyl halides is 1. The molecule has 68 heavy (non-hydrogen) atoms. The molecule has 18 heteroatoms. The average molecular weight is 948 g/mol. The van der Waals surface area contributed by atoms with Crippen molar-refractivity contribution in [2.24, 2.45) is 11.3 Å². The van der Waals surface area contributed by atoms with E-state index in [1.54, 1.807) is 17.2 Å². The normalized spacial score (nSPS) is 23.3. The van der Waals surface area contributed by atoms with Crippen molar-refractivity contribution < 1.29 is 36.0 Å². The highest BCUT2D eigenvalue weighted by molar-refractivity contribution is 7.90. The standard InChI is InChI=1S/C50H52F3N9O5S/c1-29-3-12-43(48(64)56-29)62-24-34-19-37(8-9-38(34)49(62)65)58-16-13-31(14-17-58)23-59-26-50(30(59)2)27-60(28-50)36-6-4-32(5-7-36)33-20-39-40(22-55-47(39)54-21-33)46(63)44-41(52)10-11-42(45(44)53)57-68(66,67)61-18-15-35(51)25-61/h4-11,19-22,30-31,35,43,57H,1,3,12-18,23-28H2,2H3,(H,54,55)(H,56,64)/t30-,35-,43?/m1/s1. The summed E-state index contributed by atoms with van der Waals surface area (Å²) in [6.45, 7) is 12.2. The third kappa shape index (κ3) is 7.69. The van der Waals surface area contributed by atoms with Crippen molar-refractivity contribution in [3.8, 4) is 11.1 Å². The molecule has 354 valence electrons. The lowest BCUT2D eigenvalue weighted by Crippen LogP contribution is -2.77. The molecule has 0 aliphatic carbocycles. The van der Waals surface area contributed by atoms with Crippen LogP contribution in [0, 0.1) is 23.0 Å². The van der Waals surface area contributed by atoms with Gasteiger partial charge in [0.1, 0.15) is 23.7 Å². The van der Waals surface area contributed by atoms with Crippen LogP contribution in [0.4, 0.5) is 30.2 Å². The summed E-state index contributed by atoms with van der Waals surface area (Å²) in [5.74, 6) is -3.14. The molecule has 0 bridgehead atoms. The molecule has 5 fully saturated rings. The number of hydrogen-bond acceptors (Lipinski definition) is 9. The maximum atomic E-state index is 15.8. The number of nitrogens with zero attached hydrogens (tertiary/aromatic N) is 6. The first-order valence-electron chi connectivity index (χ1n) is 23.3. The highest BCUT2D eigenvalue weighted by Crippen LogP contribution is 2.48. The van der Waals surface area contributed by atoms with Crippen molar-refractivity contribution in [1.82, 2.24) is 29.4 Å². The molecule has 8 heterocycles. The number of fused-ring (bicyclic) bond motifs is 2. The summed E-state index contributed by atoms with van der Waals surface area (Å²) in [4.78, 5) is 56.2. The summed E-state index contributed by atoms with van der Waals surface area (Å²) in [7, 11) is -4.35. The number of piperidine rings is 2. The van der Waals surface area contributed by atoms with Crippen LogP contribution in [-0.2, 0) is 21.5 Å². The second kappa shape index (κ2) is 16.8. The van der Waals surface area contributed by atoms with Gasteiger partial charge in [0.15, 0.2) is 5.82 Å². The van der Waals surface area contributed by atoms with E-state index in [2.05, 4.69) is 72.5 Å².